The normalized spacial score (nSPS) is 11.9. The fourth-order valence-corrected chi connectivity index (χ4v) is 2.43. The summed E-state index contributed by atoms with van der Waals surface area (Å²) in [5, 5.41) is 0. The van der Waals surface area contributed by atoms with Crippen molar-refractivity contribution in [3.63, 3.8) is 0 Å². The molecule has 0 fully saturated rings. The summed E-state index contributed by atoms with van der Waals surface area (Å²) in [5.41, 5.74) is 4.06. The number of ether oxygens (including phenoxy) is 1. The fraction of sp³-hybridized carbons (Fsp3) is 0.500. The number of pyridine rings is 1. The molecule has 1 aromatic heterocycles. The Morgan fingerprint density at radius 2 is 1.75 bits per heavy atom. The highest BCUT2D eigenvalue weighted by Gasteiger charge is 2.22. The number of benzene rings is 1. The second-order valence-corrected chi connectivity index (χ2v) is 7.59. The van der Waals surface area contributed by atoms with Gasteiger partial charge in [-0.3, -0.25) is 4.98 Å². The van der Waals surface area contributed by atoms with Gasteiger partial charge in [-0.15, -0.1) is 0 Å². The molecule has 0 bridgehead atoms. The zero-order valence-corrected chi connectivity index (χ0v) is 15.6. The number of hydrogen-bond acceptors (Lipinski definition) is 2. The molecule has 0 saturated carbocycles. The lowest BCUT2D eigenvalue weighted by Gasteiger charge is -2.28. The molecule has 0 aliphatic heterocycles. The minimum atomic E-state index is 0.266. The molecule has 2 aromatic rings. The number of nitrogens with zero attached hydrogens (tertiary/aromatic N) is 1. The molecule has 1 heterocycles. The third-order valence-electron chi connectivity index (χ3n) is 4.99. The van der Waals surface area contributed by atoms with Crippen LogP contribution in [0, 0.1) is 11.3 Å². The Morgan fingerprint density at radius 1 is 1.00 bits per heavy atom. The van der Waals surface area contributed by atoms with Crippen molar-refractivity contribution in [1.29, 1.82) is 0 Å². The number of rotatable bonds is 9. The highest BCUT2D eigenvalue weighted by molar-refractivity contribution is 5.62. The monoisotopic (exact) mass is 325 g/mol. The average Bonchev–Trinajstić information content (AvgIpc) is 2.59. The third-order valence-corrected chi connectivity index (χ3v) is 4.99. The predicted octanol–water partition coefficient (Wildman–Crippen LogP) is 5.77. The second kappa shape index (κ2) is 8.98. The van der Waals surface area contributed by atoms with Gasteiger partial charge in [0.25, 0.3) is 0 Å². The molecule has 1 aromatic carbocycles. The first-order valence-corrected chi connectivity index (χ1v) is 9.06. The van der Waals surface area contributed by atoms with Crippen LogP contribution in [0.4, 0.5) is 0 Å². The first-order chi connectivity index (χ1) is 11.5. The van der Waals surface area contributed by atoms with Crippen molar-refractivity contribution in [1.82, 2.24) is 4.98 Å². The zero-order valence-electron chi connectivity index (χ0n) is 15.6. The summed E-state index contributed by atoms with van der Waals surface area (Å²) in [6.07, 6.45) is 7.13. The lowest BCUT2D eigenvalue weighted by Crippen LogP contribution is -2.25. The van der Waals surface area contributed by atoms with Crippen LogP contribution in [0.15, 0.2) is 48.8 Å². The lowest BCUT2D eigenvalue weighted by molar-refractivity contribution is 0.0359. The van der Waals surface area contributed by atoms with Crippen LogP contribution in [0.3, 0.4) is 0 Å². The Bertz CT molecular complexity index is 587. The number of aromatic nitrogens is 1. The Kier molecular flexibility index (Phi) is 6.99. The van der Waals surface area contributed by atoms with E-state index in [-0.39, 0.29) is 5.41 Å². The molecule has 0 aliphatic rings. The maximum absolute atomic E-state index is 5.87. The summed E-state index contributed by atoms with van der Waals surface area (Å²) < 4.78 is 5.87. The van der Waals surface area contributed by atoms with Gasteiger partial charge >= 0.3 is 0 Å². The minimum absolute atomic E-state index is 0.266. The first kappa shape index (κ1) is 18.7. The van der Waals surface area contributed by atoms with Crippen LogP contribution < -0.4 is 0 Å². The third kappa shape index (κ3) is 5.76. The first-order valence-electron chi connectivity index (χ1n) is 9.06. The van der Waals surface area contributed by atoms with Gasteiger partial charge in [-0.25, -0.2) is 0 Å². The van der Waals surface area contributed by atoms with Crippen molar-refractivity contribution in [2.24, 2.45) is 11.3 Å². The van der Waals surface area contributed by atoms with Crippen molar-refractivity contribution in [2.45, 2.75) is 47.0 Å². The molecule has 0 amide bonds. The van der Waals surface area contributed by atoms with E-state index in [1.165, 1.54) is 23.1 Å². The van der Waals surface area contributed by atoms with E-state index in [9.17, 15) is 0 Å². The van der Waals surface area contributed by atoms with Gasteiger partial charge in [0, 0.05) is 19.0 Å². The van der Waals surface area contributed by atoms with E-state index in [0.29, 0.717) is 5.92 Å². The molecule has 2 nitrogen and oxygen atoms in total. The van der Waals surface area contributed by atoms with Crippen LogP contribution in [-0.4, -0.2) is 18.2 Å². The largest absolute Gasteiger partial charge is 0.381 e. The molecule has 0 aliphatic carbocycles. The summed E-state index contributed by atoms with van der Waals surface area (Å²) in [5.74, 6) is 0.649. The molecule has 2 rings (SSSR count). The number of hydrogen-bond donors (Lipinski definition) is 0. The molecular formula is C22H31NO. The molecule has 2 heteroatoms. The predicted molar refractivity (Wildman–Crippen MR) is 102 cm³/mol. The molecule has 0 saturated heterocycles. The van der Waals surface area contributed by atoms with Crippen molar-refractivity contribution >= 4 is 0 Å². The zero-order chi connectivity index (χ0) is 17.4. The van der Waals surface area contributed by atoms with Crippen molar-refractivity contribution in [3.8, 4) is 11.1 Å². The van der Waals surface area contributed by atoms with E-state index in [4.69, 9.17) is 4.74 Å². The Morgan fingerprint density at radius 3 is 2.38 bits per heavy atom. The molecule has 0 atom stereocenters. The molecule has 24 heavy (non-hydrogen) atoms. The van der Waals surface area contributed by atoms with Crippen LogP contribution >= 0.6 is 0 Å². The van der Waals surface area contributed by atoms with Gasteiger partial charge in [0.15, 0.2) is 0 Å². The standard InChI is InChI=1S/C22H31NO/c1-18(2)22(3,4)17-24-15-6-5-8-19-10-12-20(13-11-19)21-9-7-14-23-16-21/h7,9-14,16,18H,5-6,8,15,17H2,1-4H3. The summed E-state index contributed by atoms with van der Waals surface area (Å²) in [4.78, 5) is 4.18. The molecule has 0 unspecified atom stereocenters. The van der Waals surface area contributed by atoms with E-state index >= 15 is 0 Å². The molecule has 130 valence electrons. The van der Waals surface area contributed by atoms with E-state index in [1.807, 2.05) is 18.5 Å². The smallest absolute Gasteiger partial charge is 0.0519 e. The quantitative estimate of drug-likeness (QED) is 0.546. The fourth-order valence-electron chi connectivity index (χ4n) is 2.43. The van der Waals surface area contributed by atoms with Crippen LogP contribution in [-0.2, 0) is 11.2 Å². The summed E-state index contributed by atoms with van der Waals surface area (Å²) in [6, 6.07) is 12.9. The highest BCUT2D eigenvalue weighted by Crippen LogP contribution is 2.26. The van der Waals surface area contributed by atoms with E-state index in [2.05, 4.69) is 63.0 Å². The van der Waals surface area contributed by atoms with Crippen molar-refractivity contribution < 1.29 is 4.74 Å². The lowest BCUT2D eigenvalue weighted by atomic mass is 9.82. The van der Waals surface area contributed by atoms with Crippen LogP contribution in [0.25, 0.3) is 11.1 Å². The van der Waals surface area contributed by atoms with Gasteiger partial charge in [0.2, 0.25) is 0 Å². The number of aryl methyl sites for hydroxylation is 1. The SMILES string of the molecule is CC(C)C(C)(C)COCCCCc1ccc(-c2cccnc2)cc1. The Hall–Kier alpha value is -1.67. The van der Waals surface area contributed by atoms with Gasteiger partial charge in [-0.1, -0.05) is 58.0 Å². The summed E-state index contributed by atoms with van der Waals surface area (Å²) in [7, 11) is 0. The molecule has 0 radical (unpaired) electrons. The van der Waals surface area contributed by atoms with Gasteiger partial charge in [0.05, 0.1) is 6.61 Å². The van der Waals surface area contributed by atoms with E-state index in [0.717, 1.165) is 26.1 Å². The van der Waals surface area contributed by atoms with Gasteiger partial charge in [-0.05, 0) is 53.4 Å². The maximum Gasteiger partial charge on any atom is 0.0519 e. The van der Waals surface area contributed by atoms with Crippen molar-refractivity contribution in [3.05, 3.63) is 54.4 Å². The maximum atomic E-state index is 5.87. The Labute approximate surface area is 147 Å². The molecular weight excluding hydrogens is 294 g/mol. The number of unbranched alkanes of at least 4 members (excludes halogenated alkanes) is 1. The topological polar surface area (TPSA) is 22.1 Å². The average molecular weight is 325 g/mol. The van der Waals surface area contributed by atoms with E-state index < -0.39 is 0 Å². The van der Waals surface area contributed by atoms with Crippen LogP contribution in [0.5, 0.6) is 0 Å². The second-order valence-electron chi connectivity index (χ2n) is 7.59. The minimum Gasteiger partial charge on any atom is -0.381 e. The van der Waals surface area contributed by atoms with Crippen LogP contribution in [0.1, 0.15) is 46.1 Å². The van der Waals surface area contributed by atoms with Crippen molar-refractivity contribution in [2.75, 3.05) is 13.2 Å². The summed E-state index contributed by atoms with van der Waals surface area (Å²) in [6.45, 7) is 10.8. The summed E-state index contributed by atoms with van der Waals surface area (Å²) >= 11 is 0. The van der Waals surface area contributed by atoms with Gasteiger partial charge in [0.1, 0.15) is 0 Å². The molecule has 0 spiro atoms. The highest BCUT2D eigenvalue weighted by atomic mass is 16.5. The van der Waals surface area contributed by atoms with E-state index in [1.54, 1.807) is 0 Å². The van der Waals surface area contributed by atoms with Gasteiger partial charge in [-0.2, -0.15) is 0 Å². The molecule has 0 N–H and O–H groups in total. The van der Waals surface area contributed by atoms with Gasteiger partial charge < -0.3 is 4.74 Å². The van der Waals surface area contributed by atoms with Crippen LogP contribution in [0.2, 0.25) is 0 Å². The Balaban J connectivity index is 1.68.